The van der Waals surface area contributed by atoms with Gasteiger partial charge in [-0.15, -0.1) is 5.10 Å². The van der Waals surface area contributed by atoms with Gasteiger partial charge in [0.15, 0.2) is 0 Å². The highest BCUT2D eigenvalue weighted by atomic mass is 32.1. The lowest BCUT2D eigenvalue weighted by Gasteiger charge is -2.06. The number of aromatic nitrogens is 2. The van der Waals surface area contributed by atoms with E-state index in [0.29, 0.717) is 17.2 Å². The molecule has 0 aliphatic heterocycles. The minimum atomic E-state index is 0.533. The minimum Gasteiger partial charge on any atom is -0.430 e. The molecule has 2 aromatic rings. The van der Waals surface area contributed by atoms with Crippen molar-refractivity contribution in [3.63, 3.8) is 0 Å². The van der Waals surface area contributed by atoms with Gasteiger partial charge in [0.05, 0.1) is 6.54 Å². The molecule has 1 N–H and O–H groups in total. The summed E-state index contributed by atoms with van der Waals surface area (Å²) in [5, 5.41) is 13.2. The van der Waals surface area contributed by atoms with Gasteiger partial charge in [-0.1, -0.05) is 42.4 Å². The number of hydrogen-bond acceptors (Lipinski definition) is 5. The summed E-state index contributed by atoms with van der Waals surface area (Å²) in [5.74, 6) is 1.35. The standard InChI is InChI=1S/C15H19N3OS/c1-10(2)11-3-7-13(8-4-11)19-15-18-17-14(20-15)9-16-12-5-6-12/h3-4,7-8,10,12,16H,5-6,9H2,1-2H3. The average molecular weight is 289 g/mol. The minimum absolute atomic E-state index is 0.533. The largest absolute Gasteiger partial charge is 0.430 e. The van der Waals surface area contributed by atoms with Crippen LogP contribution in [-0.2, 0) is 6.54 Å². The lowest BCUT2D eigenvalue weighted by atomic mass is 10.0. The van der Waals surface area contributed by atoms with Crippen LogP contribution in [0.1, 0.15) is 43.2 Å². The molecule has 3 rings (SSSR count). The third-order valence-corrected chi connectivity index (χ3v) is 4.12. The van der Waals surface area contributed by atoms with E-state index in [9.17, 15) is 0 Å². The van der Waals surface area contributed by atoms with Gasteiger partial charge in [-0.2, -0.15) is 0 Å². The molecule has 5 heteroatoms. The van der Waals surface area contributed by atoms with Gasteiger partial charge in [-0.3, -0.25) is 0 Å². The Kier molecular flexibility index (Phi) is 3.98. The Labute approximate surface area is 123 Å². The summed E-state index contributed by atoms with van der Waals surface area (Å²) in [6.07, 6.45) is 2.56. The Hall–Kier alpha value is -1.46. The third-order valence-electron chi connectivity index (χ3n) is 3.32. The van der Waals surface area contributed by atoms with Gasteiger partial charge in [-0.25, -0.2) is 0 Å². The zero-order valence-electron chi connectivity index (χ0n) is 11.8. The van der Waals surface area contributed by atoms with E-state index in [1.807, 2.05) is 12.1 Å². The monoisotopic (exact) mass is 289 g/mol. The number of nitrogens with one attached hydrogen (secondary N) is 1. The van der Waals surface area contributed by atoms with Crippen LogP contribution in [0.15, 0.2) is 24.3 Å². The Bertz CT molecular complexity index is 561. The van der Waals surface area contributed by atoms with Crippen LogP contribution in [0, 0.1) is 0 Å². The molecule has 1 aromatic heterocycles. The zero-order valence-corrected chi connectivity index (χ0v) is 12.6. The van der Waals surface area contributed by atoms with Crippen LogP contribution in [0.4, 0.5) is 0 Å². The van der Waals surface area contributed by atoms with E-state index in [0.717, 1.165) is 17.3 Å². The molecule has 1 heterocycles. The molecule has 4 nitrogen and oxygen atoms in total. The van der Waals surface area contributed by atoms with Crippen molar-refractivity contribution in [2.24, 2.45) is 0 Å². The van der Waals surface area contributed by atoms with E-state index < -0.39 is 0 Å². The second-order valence-corrected chi connectivity index (χ2v) is 6.47. The van der Waals surface area contributed by atoms with Crippen molar-refractivity contribution >= 4 is 11.3 Å². The number of benzene rings is 1. The summed E-state index contributed by atoms with van der Waals surface area (Å²) in [6.45, 7) is 5.15. The predicted molar refractivity (Wildman–Crippen MR) is 80.4 cm³/mol. The van der Waals surface area contributed by atoms with Gasteiger partial charge in [0.25, 0.3) is 5.19 Å². The van der Waals surface area contributed by atoms with Crippen molar-refractivity contribution in [3.8, 4) is 10.9 Å². The summed E-state index contributed by atoms with van der Waals surface area (Å²) < 4.78 is 5.73. The number of hydrogen-bond donors (Lipinski definition) is 1. The fourth-order valence-corrected chi connectivity index (χ4v) is 2.55. The Morgan fingerprint density at radius 3 is 2.65 bits per heavy atom. The van der Waals surface area contributed by atoms with Gasteiger partial charge in [0, 0.05) is 6.04 Å². The number of nitrogens with zero attached hydrogens (tertiary/aromatic N) is 2. The molecular formula is C15H19N3OS. The molecule has 0 spiro atoms. The van der Waals surface area contributed by atoms with E-state index in [1.165, 1.54) is 29.7 Å². The first-order chi connectivity index (χ1) is 9.70. The van der Waals surface area contributed by atoms with Crippen LogP contribution >= 0.6 is 11.3 Å². The predicted octanol–water partition coefficient (Wildman–Crippen LogP) is 3.71. The first-order valence-electron chi connectivity index (χ1n) is 7.04. The number of ether oxygens (including phenoxy) is 1. The molecule has 106 valence electrons. The van der Waals surface area contributed by atoms with Gasteiger partial charge >= 0.3 is 0 Å². The normalized spacial score (nSPS) is 14.8. The van der Waals surface area contributed by atoms with Gasteiger partial charge in [0.2, 0.25) is 0 Å². The van der Waals surface area contributed by atoms with Crippen molar-refractivity contribution in [2.45, 2.75) is 45.2 Å². The zero-order chi connectivity index (χ0) is 13.9. The van der Waals surface area contributed by atoms with E-state index in [1.54, 1.807) is 0 Å². The molecule has 1 fully saturated rings. The molecule has 1 saturated carbocycles. The van der Waals surface area contributed by atoms with Gasteiger partial charge < -0.3 is 10.1 Å². The molecule has 0 radical (unpaired) electrons. The van der Waals surface area contributed by atoms with E-state index in [4.69, 9.17) is 4.74 Å². The van der Waals surface area contributed by atoms with Crippen molar-refractivity contribution in [3.05, 3.63) is 34.8 Å². The van der Waals surface area contributed by atoms with Crippen LogP contribution in [0.3, 0.4) is 0 Å². The topological polar surface area (TPSA) is 47.0 Å². The smallest absolute Gasteiger partial charge is 0.299 e. The average Bonchev–Trinajstić information content (AvgIpc) is 3.17. The fraction of sp³-hybridized carbons (Fsp3) is 0.467. The molecule has 0 unspecified atom stereocenters. The molecule has 0 amide bonds. The quantitative estimate of drug-likeness (QED) is 0.880. The molecule has 0 saturated heterocycles. The van der Waals surface area contributed by atoms with Crippen LogP contribution in [0.5, 0.6) is 10.9 Å². The first kappa shape index (κ1) is 13.5. The summed E-state index contributed by atoms with van der Waals surface area (Å²) >= 11 is 1.50. The van der Waals surface area contributed by atoms with Crippen LogP contribution in [0.2, 0.25) is 0 Å². The van der Waals surface area contributed by atoms with Gasteiger partial charge in [-0.05, 0) is 36.5 Å². The van der Waals surface area contributed by atoms with E-state index >= 15 is 0 Å². The van der Waals surface area contributed by atoms with Crippen molar-refractivity contribution < 1.29 is 4.74 Å². The SMILES string of the molecule is CC(C)c1ccc(Oc2nnc(CNC3CC3)s2)cc1. The molecular weight excluding hydrogens is 270 g/mol. The molecule has 20 heavy (non-hydrogen) atoms. The highest BCUT2D eigenvalue weighted by Gasteiger charge is 2.20. The maximum Gasteiger partial charge on any atom is 0.299 e. The van der Waals surface area contributed by atoms with Crippen molar-refractivity contribution in [2.75, 3.05) is 0 Å². The highest BCUT2D eigenvalue weighted by molar-refractivity contribution is 7.13. The summed E-state index contributed by atoms with van der Waals surface area (Å²) in [7, 11) is 0. The van der Waals surface area contributed by atoms with Gasteiger partial charge in [0.1, 0.15) is 10.8 Å². The summed E-state index contributed by atoms with van der Waals surface area (Å²) in [5.41, 5.74) is 1.31. The number of rotatable bonds is 6. The molecule has 0 atom stereocenters. The maximum atomic E-state index is 5.73. The third kappa shape index (κ3) is 3.55. The summed E-state index contributed by atoms with van der Waals surface area (Å²) in [6, 6.07) is 8.84. The maximum absolute atomic E-state index is 5.73. The molecule has 1 aromatic carbocycles. The van der Waals surface area contributed by atoms with E-state index in [-0.39, 0.29) is 0 Å². The first-order valence-corrected chi connectivity index (χ1v) is 7.86. The van der Waals surface area contributed by atoms with Crippen LogP contribution in [0.25, 0.3) is 0 Å². The Morgan fingerprint density at radius 2 is 2.00 bits per heavy atom. The van der Waals surface area contributed by atoms with Crippen LogP contribution < -0.4 is 10.1 Å². The van der Waals surface area contributed by atoms with Crippen molar-refractivity contribution in [1.82, 2.24) is 15.5 Å². The van der Waals surface area contributed by atoms with Crippen LogP contribution in [-0.4, -0.2) is 16.2 Å². The molecule has 1 aliphatic rings. The van der Waals surface area contributed by atoms with E-state index in [2.05, 4.69) is 41.5 Å². The van der Waals surface area contributed by atoms with Crippen molar-refractivity contribution in [1.29, 1.82) is 0 Å². The lowest BCUT2D eigenvalue weighted by Crippen LogP contribution is -2.14. The lowest BCUT2D eigenvalue weighted by molar-refractivity contribution is 0.472. The molecule has 1 aliphatic carbocycles. The Balaban J connectivity index is 1.58. The second kappa shape index (κ2) is 5.89. The molecule has 0 bridgehead atoms. The highest BCUT2D eigenvalue weighted by Crippen LogP contribution is 2.27. The Morgan fingerprint density at radius 1 is 1.25 bits per heavy atom. The summed E-state index contributed by atoms with van der Waals surface area (Å²) in [4.78, 5) is 0. The fourth-order valence-electron chi connectivity index (χ4n) is 1.89. The second-order valence-electron chi connectivity index (χ2n) is 5.44.